The molecule has 272 valence electrons. The van der Waals surface area contributed by atoms with Crippen molar-refractivity contribution < 1.29 is 33.4 Å². The molecule has 4 rings (SSSR count). The summed E-state index contributed by atoms with van der Waals surface area (Å²) in [7, 11) is 1.51. The van der Waals surface area contributed by atoms with Gasteiger partial charge in [0.05, 0.1) is 23.7 Å². The van der Waals surface area contributed by atoms with E-state index in [0.717, 1.165) is 11.1 Å². The van der Waals surface area contributed by atoms with Gasteiger partial charge in [-0.15, -0.1) is 0 Å². The van der Waals surface area contributed by atoms with Gasteiger partial charge in [0, 0.05) is 31.3 Å². The number of epoxide rings is 1. The lowest BCUT2D eigenvalue weighted by Crippen LogP contribution is -2.58. The minimum atomic E-state index is -1.14. The maximum atomic E-state index is 13.8. The van der Waals surface area contributed by atoms with E-state index in [0.29, 0.717) is 29.3 Å². The topological polar surface area (TPSA) is 161 Å². The van der Waals surface area contributed by atoms with Gasteiger partial charge in [-0.3, -0.25) is 14.4 Å². The summed E-state index contributed by atoms with van der Waals surface area (Å²) in [5, 5.41) is 9.01. The zero-order chi connectivity index (χ0) is 36.7. The number of cyclic esters (lactones) is 1. The van der Waals surface area contributed by atoms with Crippen LogP contribution in [-0.2, 0) is 41.6 Å². The summed E-state index contributed by atoms with van der Waals surface area (Å²) in [5.41, 5.74) is 7.33. The van der Waals surface area contributed by atoms with Crippen molar-refractivity contribution in [3.63, 3.8) is 0 Å². The van der Waals surface area contributed by atoms with E-state index in [2.05, 4.69) is 16.0 Å². The Morgan fingerprint density at radius 3 is 2.28 bits per heavy atom. The maximum Gasteiger partial charge on any atom is 0.328 e. The molecule has 2 aromatic carbocycles. The predicted molar refractivity (Wildman–Crippen MR) is 191 cm³/mol. The number of ether oxygens (including phenoxy) is 3. The van der Waals surface area contributed by atoms with Gasteiger partial charge in [-0.1, -0.05) is 68.8 Å². The number of rotatable bonds is 9. The van der Waals surface area contributed by atoms with Gasteiger partial charge in [0.2, 0.25) is 17.7 Å². The van der Waals surface area contributed by atoms with E-state index in [1.807, 2.05) is 45.0 Å². The summed E-state index contributed by atoms with van der Waals surface area (Å²) in [5.74, 6) is -1.66. The summed E-state index contributed by atoms with van der Waals surface area (Å²) in [6.07, 6.45) is 2.58. The molecular weight excluding hydrogens is 660 g/mol. The molecule has 2 aromatic rings. The van der Waals surface area contributed by atoms with Gasteiger partial charge in [-0.05, 0) is 68.0 Å². The molecule has 3 amide bonds. The van der Waals surface area contributed by atoms with Gasteiger partial charge in [0.25, 0.3) is 0 Å². The first kappa shape index (κ1) is 38.9. The lowest BCUT2D eigenvalue weighted by Gasteiger charge is -2.34. The molecular formula is C38H51ClN4O7. The van der Waals surface area contributed by atoms with Crippen molar-refractivity contribution in [2.24, 2.45) is 23.0 Å². The Balaban J connectivity index is 1.63. The highest BCUT2D eigenvalue weighted by atomic mass is 35.5. The van der Waals surface area contributed by atoms with Crippen LogP contribution in [0.5, 0.6) is 5.75 Å². The summed E-state index contributed by atoms with van der Waals surface area (Å²) < 4.78 is 17.5. The quantitative estimate of drug-likeness (QED) is 0.218. The van der Waals surface area contributed by atoms with Crippen molar-refractivity contribution in [1.82, 2.24) is 16.0 Å². The van der Waals surface area contributed by atoms with Gasteiger partial charge >= 0.3 is 5.97 Å². The number of halogens is 1. The average molecular weight is 711 g/mol. The Morgan fingerprint density at radius 1 is 0.980 bits per heavy atom. The van der Waals surface area contributed by atoms with Crippen LogP contribution in [0.1, 0.15) is 77.2 Å². The molecule has 0 aromatic heterocycles. The Bertz CT molecular complexity index is 1560. The highest BCUT2D eigenvalue weighted by Gasteiger charge is 2.48. The van der Waals surface area contributed by atoms with Crippen LogP contribution in [0.4, 0.5) is 0 Å². The van der Waals surface area contributed by atoms with E-state index in [9.17, 15) is 19.2 Å². The van der Waals surface area contributed by atoms with Crippen molar-refractivity contribution >= 4 is 35.3 Å². The molecule has 1 fully saturated rings. The van der Waals surface area contributed by atoms with Crippen molar-refractivity contribution in [1.29, 1.82) is 0 Å². The van der Waals surface area contributed by atoms with Crippen LogP contribution in [0.2, 0.25) is 5.02 Å². The molecule has 0 spiro atoms. The molecule has 2 unspecified atom stereocenters. The average Bonchev–Trinajstić information content (AvgIpc) is 3.87. The van der Waals surface area contributed by atoms with E-state index in [1.54, 1.807) is 45.0 Å². The first-order valence-electron chi connectivity index (χ1n) is 17.2. The Labute approximate surface area is 300 Å². The van der Waals surface area contributed by atoms with Gasteiger partial charge in [0.1, 0.15) is 30.0 Å². The van der Waals surface area contributed by atoms with Gasteiger partial charge in [0.15, 0.2) is 0 Å². The molecule has 0 aliphatic carbocycles. The standard InChI is InChI=1S/C38H51ClN4O7/c1-21(2)17-29-36(46)49-30(22(3)33-34(50-33)26-14-11-24(20-40)12-15-26)9-8-10-32(44)42-28(19-25-13-16-31(48-7)27(39)18-25)35(45)41-23(4)38(5,6)37(47)43-29/h8,10-16,18,21-23,28-30,33-34H,9,17,19-20,40H2,1-7H3,(H,41,45)(H,42,44)(H,43,47)/b10-8+/t22?,23?,28-,29+,30+,33-,34-/m1/s1. The first-order chi connectivity index (χ1) is 23.6. The minimum Gasteiger partial charge on any atom is -0.495 e. The van der Waals surface area contributed by atoms with Crippen molar-refractivity contribution in [2.45, 2.75) is 104 Å². The first-order valence-corrected chi connectivity index (χ1v) is 17.6. The van der Waals surface area contributed by atoms with E-state index in [1.165, 1.54) is 13.2 Å². The molecule has 2 aliphatic rings. The predicted octanol–water partition coefficient (Wildman–Crippen LogP) is 4.54. The molecule has 2 aliphatic heterocycles. The Kier molecular flexibility index (Phi) is 13.1. The zero-order valence-electron chi connectivity index (χ0n) is 30.0. The largest absolute Gasteiger partial charge is 0.495 e. The maximum absolute atomic E-state index is 13.8. The van der Waals surface area contributed by atoms with Crippen LogP contribution in [0.15, 0.2) is 54.6 Å². The van der Waals surface area contributed by atoms with Gasteiger partial charge in [-0.2, -0.15) is 0 Å². The zero-order valence-corrected chi connectivity index (χ0v) is 30.7. The summed E-state index contributed by atoms with van der Waals surface area (Å²) >= 11 is 6.35. The Morgan fingerprint density at radius 2 is 1.66 bits per heavy atom. The number of hydrogen-bond donors (Lipinski definition) is 4. The van der Waals surface area contributed by atoms with Gasteiger partial charge < -0.3 is 35.9 Å². The fourth-order valence-corrected chi connectivity index (χ4v) is 6.26. The van der Waals surface area contributed by atoms with Gasteiger partial charge in [-0.25, -0.2) is 4.79 Å². The number of nitrogens with one attached hydrogen (secondary N) is 3. The van der Waals surface area contributed by atoms with Crippen LogP contribution in [0, 0.1) is 17.3 Å². The third kappa shape index (κ3) is 9.86. The molecule has 0 radical (unpaired) electrons. The second kappa shape index (κ2) is 16.9. The molecule has 50 heavy (non-hydrogen) atoms. The molecule has 0 saturated carbocycles. The number of carbonyl (C=O) groups excluding carboxylic acids is 4. The Hall–Kier alpha value is -3.93. The lowest BCUT2D eigenvalue weighted by molar-refractivity contribution is -0.157. The van der Waals surface area contributed by atoms with E-state index >= 15 is 0 Å². The molecule has 12 heteroatoms. The number of hydrogen-bond acceptors (Lipinski definition) is 8. The van der Waals surface area contributed by atoms with Crippen molar-refractivity contribution in [3.05, 3.63) is 76.3 Å². The van der Waals surface area contributed by atoms with E-state index in [4.69, 9.17) is 31.5 Å². The number of carbonyl (C=O) groups is 4. The monoisotopic (exact) mass is 710 g/mol. The second-order valence-corrected chi connectivity index (χ2v) is 14.7. The lowest BCUT2D eigenvalue weighted by atomic mass is 9.83. The fourth-order valence-electron chi connectivity index (χ4n) is 5.98. The van der Waals surface area contributed by atoms with Crippen molar-refractivity contribution in [3.8, 4) is 5.75 Å². The van der Waals surface area contributed by atoms with E-state index < -0.39 is 53.3 Å². The van der Waals surface area contributed by atoms with Crippen LogP contribution in [-0.4, -0.2) is 61.1 Å². The van der Waals surface area contributed by atoms with E-state index in [-0.39, 0.29) is 36.9 Å². The molecule has 2 heterocycles. The highest BCUT2D eigenvalue weighted by Crippen LogP contribution is 2.45. The SMILES string of the molecule is COc1ccc(C[C@H]2NC(=O)/C=C/C[C@@H](C(C)[C@H]3O[C@@H]3c3ccc(CN)cc3)OC(=O)[C@H](CC(C)C)NC(=O)C(C)(C)C(C)NC2=O)cc1Cl. The number of benzene rings is 2. The fraction of sp³-hybridized carbons (Fsp3) is 0.526. The molecule has 7 atom stereocenters. The summed E-state index contributed by atoms with van der Waals surface area (Å²) in [6.45, 7) is 11.4. The van der Waals surface area contributed by atoms with Crippen LogP contribution in [0.25, 0.3) is 0 Å². The third-order valence-electron chi connectivity index (χ3n) is 9.69. The van der Waals surface area contributed by atoms with Crippen LogP contribution < -0.4 is 26.4 Å². The molecule has 11 nitrogen and oxygen atoms in total. The molecule has 1 saturated heterocycles. The highest BCUT2D eigenvalue weighted by molar-refractivity contribution is 6.32. The van der Waals surface area contributed by atoms with Crippen molar-refractivity contribution in [2.75, 3.05) is 7.11 Å². The number of methoxy groups -OCH3 is 1. The summed E-state index contributed by atoms with van der Waals surface area (Å²) in [6, 6.07) is 10.5. The third-order valence-corrected chi connectivity index (χ3v) is 9.99. The normalized spacial score (nSPS) is 27.4. The number of nitrogens with two attached hydrogens (primary N) is 1. The second-order valence-electron chi connectivity index (χ2n) is 14.3. The van der Waals surface area contributed by atoms with Crippen LogP contribution >= 0.6 is 11.6 Å². The number of amides is 3. The van der Waals surface area contributed by atoms with Crippen LogP contribution in [0.3, 0.4) is 0 Å². The number of esters is 1. The summed E-state index contributed by atoms with van der Waals surface area (Å²) in [4.78, 5) is 54.5. The smallest absolute Gasteiger partial charge is 0.328 e. The molecule has 0 bridgehead atoms. The minimum absolute atomic E-state index is 0.0676. The molecule has 5 N–H and O–H groups in total.